The van der Waals surface area contributed by atoms with Gasteiger partial charge in [0.25, 0.3) is 0 Å². The molecule has 2 fully saturated rings. The van der Waals surface area contributed by atoms with Crippen LogP contribution in [0, 0.1) is 11.8 Å². The molecule has 0 bridgehead atoms. The van der Waals surface area contributed by atoms with Crippen molar-refractivity contribution < 1.29 is 4.79 Å². The van der Waals surface area contributed by atoms with Crippen molar-refractivity contribution in [2.24, 2.45) is 11.8 Å². The van der Waals surface area contributed by atoms with Crippen LogP contribution in [0.3, 0.4) is 0 Å². The molecule has 0 radical (unpaired) electrons. The van der Waals surface area contributed by atoms with Crippen molar-refractivity contribution >= 4 is 5.91 Å². The summed E-state index contributed by atoms with van der Waals surface area (Å²) in [6.45, 7) is 4.22. The molecule has 1 atom stereocenters. The van der Waals surface area contributed by atoms with Crippen molar-refractivity contribution in [3.63, 3.8) is 0 Å². The van der Waals surface area contributed by atoms with Crippen LogP contribution in [-0.2, 0) is 4.79 Å². The summed E-state index contributed by atoms with van der Waals surface area (Å²) < 4.78 is 0. The van der Waals surface area contributed by atoms with Gasteiger partial charge in [0.15, 0.2) is 0 Å². The number of carbonyl (C=O) groups excluding carboxylic acids is 1. The first-order valence-corrected chi connectivity index (χ1v) is 7.30. The van der Waals surface area contributed by atoms with Crippen molar-refractivity contribution in [3.05, 3.63) is 0 Å². The van der Waals surface area contributed by atoms with Crippen molar-refractivity contribution in [2.75, 3.05) is 13.1 Å². The van der Waals surface area contributed by atoms with Crippen molar-refractivity contribution in [1.29, 1.82) is 0 Å². The molecular weight excluding hydrogens is 212 g/mol. The van der Waals surface area contributed by atoms with Crippen molar-refractivity contribution in [1.82, 2.24) is 10.6 Å². The normalized spacial score (nSPS) is 34.3. The molecule has 2 rings (SSSR count). The molecule has 1 unspecified atom stereocenters. The van der Waals surface area contributed by atoms with Crippen LogP contribution < -0.4 is 10.6 Å². The maximum absolute atomic E-state index is 12.1. The standard InChI is InChI=1S/C14H26N2O/c1-2-11-5-7-13(8-6-11)16-14(17)12-4-3-9-15-10-12/h11-13,15H,2-10H2,1H3,(H,16,17). The number of carbonyl (C=O) groups is 1. The summed E-state index contributed by atoms with van der Waals surface area (Å²) in [5.74, 6) is 1.41. The summed E-state index contributed by atoms with van der Waals surface area (Å²) in [5, 5.41) is 6.56. The fourth-order valence-corrected chi connectivity index (χ4v) is 3.11. The lowest BCUT2D eigenvalue weighted by Gasteiger charge is -2.30. The van der Waals surface area contributed by atoms with Crippen LogP contribution in [-0.4, -0.2) is 25.0 Å². The van der Waals surface area contributed by atoms with E-state index in [1.807, 2.05) is 0 Å². The SMILES string of the molecule is CCC1CCC(NC(=O)C2CCCNC2)CC1. The molecule has 0 aromatic heterocycles. The van der Waals surface area contributed by atoms with Gasteiger partial charge in [-0.15, -0.1) is 0 Å². The smallest absolute Gasteiger partial charge is 0.224 e. The summed E-state index contributed by atoms with van der Waals surface area (Å²) in [7, 11) is 0. The maximum atomic E-state index is 12.1. The lowest BCUT2D eigenvalue weighted by molar-refractivity contribution is -0.126. The van der Waals surface area contributed by atoms with Gasteiger partial charge in [0.2, 0.25) is 5.91 Å². The largest absolute Gasteiger partial charge is 0.353 e. The highest BCUT2D eigenvalue weighted by Crippen LogP contribution is 2.26. The van der Waals surface area contributed by atoms with Crippen molar-refractivity contribution in [3.8, 4) is 0 Å². The summed E-state index contributed by atoms with van der Waals surface area (Å²) in [6, 6.07) is 0.451. The van der Waals surface area contributed by atoms with Gasteiger partial charge in [-0.1, -0.05) is 13.3 Å². The minimum Gasteiger partial charge on any atom is -0.353 e. The van der Waals surface area contributed by atoms with E-state index in [1.54, 1.807) is 0 Å². The Morgan fingerprint density at radius 3 is 2.59 bits per heavy atom. The van der Waals surface area contributed by atoms with Crippen LogP contribution in [0.5, 0.6) is 0 Å². The van der Waals surface area contributed by atoms with Gasteiger partial charge in [-0.05, 0) is 51.0 Å². The van der Waals surface area contributed by atoms with E-state index >= 15 is 0 Å². The molecule has 1 aliphatic carbocycles. The van der Waals surface area contributed by atoms with Crippen LogP contribution in [0.15, 0.2) is 0 Å². The van der Waals surface area contributed by atoms with Gasteiger partial charge < -0.3 is 10.6 Å². The summed E-state index contributed by atoms with van der Waals surface area (Å²) in [5.41, 5.74) is 0. The molecular formula is C14H26N2O. The number of rotatable bonds is 3. The fourth-order valence-electron chi connectivity index (χ4n) is 3.11. The van der Waals surface area contributed by atoms with E-state index in [4.69, 9.17) is 0 Å². The van der Waals surface area contributed by atoms with Gasteiger partial charge >= 0.3 is 0 Å². The number of piperidine rings is 1. The number of hydrogen-bond donors (Lipinski definition) is 2. The zero-order valence-electron chi connectivity index (χ0n) is 11.0. The highest BCUT2D eigenvalue weighted by Gasteiger charge is 2.25. The predicted octanol–water partition coefficient (Wildman–Crippen LogP) is 2.07. The third-order valence-electron chi connectivity index (χ3n) is 4.44. The van der Waals surface area contributed by atoms with E-state index < -0.39 is 0 Å². The summed E-state index contributed by atoms with van der Waals surface area (Å²) >= 11 is 0. The van der Waals surface area contributed by atoms with Gasteiger partial charge in [0, 0.05) is 12.6 Å². The third-order valence-corrected chi connectivity index (χ3v) is 4.44. The quantitative estimate of drug-likeness (QED) is 0.790. The molecule has 1 saturated heterocycles. The summed E-state index contributed by atoms with van der Waals surface area (Å²) in [6.07, 6.45) is 8.46. The van der Waals surface area contributed by atoms with Gasteiger partial charge in [0.1, 0.15) is 0 Å². The van der Waals surface area contributed by atoms with E-state index in [-0.39, 0.29) is 11.8 Å². The average Bonchev–Trinajstić information content (AvgIpc) is 2.40. The predicted molar refractivity (Wildman–Crippen MR) is 69.8 cm³/mol. The molecule has 0 aromatic carbocycles. The van der Waals surface area contributed by atoms with Crippen LogP contribution in [0.4, 0.5) is 0 Å². The highest BCUT2D eigenvalue weighted by molar-refractivity contribution is 5.79. The number of amides is 1. The summed E-state index contributed by atoms with van der Waals surface area (Å²) in [4.78, 5) is 12.1. The first-order chi connectivity index (χ1) is 8.29. The van der Waals surface area contributed by atoms with Gasteiger partial charge in [-0.3, -0.25) is 4.79 Å². The lowest BCUT2D eigenvalue weighted by Crippen LogP contribution is -2.45. The topological polar surface area (TPSA) is 41.1 Å². The van der Waals surface area contributed by atoms with Crippen molar-refractivity contribution in [2.45, 2.75) is 57.9 Å². The van der Waals surface area contributed by atoms with E-state index in [1.165, 1.54) is 32.1 Å². The zero-order valence-corrected chi connectivity index (χ0v) is 11.0. The lowest BCUT2D eigenvalue weighted by atomic mass is 9.84. The van der Waals surface area contributed by atoms with Gasteiger partial charge in [-0.25, -0.2) is 0 Å². The Hall–Kier alpha value is -0.570. The van der Waals surface area contributed by atoms with Gasteiger partial charge in [0.05, 0.1) is 5.92 Å². The Bertz CT molecular complexity index is 241. The molecule has 1 amide bonds. The molecule has 1 aliphatic heterocycles. The Labute approximate surface area is 105 Å². The monoisotopic (exact) mass is 238 g/mol. The average molecular weight is 238 g/mol. The second-order valence-electron chi connectivity index (χ2n) is 5.68. The van der Waals surface area contributed by atoms with Crippen LogP contribution in [0.1, 0.15) is 51.9 Å². The van der Waals surface area contributed by atoms with Crippen LogP contribution in [0.25, 0.3) is 0 Å². The fraction of sp³-hybridized carbons (Fsp3) is 0.929. The maximum Gasteiger partial charge on any atom is 0.224 e. The molecule has 2 aliphatic rings. The minimum absolute atomic E-state index is 0.215. The Kier molecular flexibility index (Phi) is 4.84. The Balaban J connectivity index is 1.71. The molecule has 1 saturated carbocycles. The minimum atomic E-state index is 0.215. The third kappa shape index (κ3) is 3.70. The van der Waals surface area contributed by atoms with E-state index in [2.05, 4.69) is 17.6 Å². The number of nitrogens with one attached hydrogen (secondary N) is 2. The molecule has 1 heterocycles. The Morgan fingerprint density at radius 1 is 1.24 bits per heavy atom. The van der Waals surface area contributed by atoms with Gasteiger partial charge in [-0.2, -0.15) is 0 Å². The molecule has 2 N–H and O–H groups in total. The van der Waals surface area contributed by atoms with E-state index in [0.29, 0.717) is 6.04 Å². The van der Waals surface area contributed by atoms with E-state index in [9.17, 15) is 4.79 Å². The first-order valence-electron chi connectivity index (χ1n) is 7.30. The van der Waals surface area contributed by atoms with Crippen LogP contribution in [0.2, 0.25) is 0 Å². The second kappa shape index (κ2) is 6.39. The molecule has 17 heavy (non-hydrogen) atoms. The Morgan fingerprint density at radius 2 is 2.00 bits per heavy atom. The molecule has 0 spiro atoms. The zero-order chi connectivity index (χ0) is 12.1. The molecule has 0 aromatic rings. The van der Waals surface area contributed by atoms with Crippen LogP contribution >= 0.6 is 0 Å². The second-order valence-corrected chi connectivity index (χ2v) is 5.68. The molecule has 98 valence electrons. The molecule has 3 nitrogen and oxygen atoms in total. The number of hydrogen-bond acceptors (Lipinski definition) is 2. The van der Waals surface area contributed by atoms with E-state index in [0.717, 1.165) is 31.8 Å². The highest BCUT2D eigenvalue weighted by atomic mass is 16.2. The molecule has 3 heteroatoms. The first kappa shape index (κ1) is 12.9.